The second-order valence-corrected chi connectivity index (χ2v) is 8.75. The molecule has 0 saturated carbocycles. The van der Waals surface area contributed by atoms with Crippen LogP contribution >= 0.6 is 0 Å². The molecule has 0 atom stereocenters. The van der Waals surface area contributed by atoms with Crippen LogP contribution in [0.2, 0.25) is 0 Å². The third-order valence-electron chi connectivity index (χ3n) is 3.49. The maximum absolute atomic E-state index is 12.2. The van der Waals surface area contributed by atoms with Crippen molar-refractivity contribution in [2.24, 2.45) is 0 Å². The Bertz CT molecular complexity index is 1130. The van der Waals surface area contributed by atoms with Crippen molar-refractivity contribution in [1.82, 2.24) is 4.31 Å². The summed E-state index contributed by atoms with van der Waals surface area (Å²) in [6, 6.07) is 8.24. The molecule has 3 rings (SSSR count). The SMILES string of the molecule is CN(C)S(=O)(=O)c1ccc2oc3ccc(S(=O)(=O)O)cc3c2c1. The molecular weight excluding hydrogens is 342 g/mol. The van der Waals surface area contributed by atoms with E-state index in [2.05, 4.69) is 0 Å². The van der Waals surface area contributed by atoms with Crippen LogP contribution in [0.3, 0.4) is 0 Å². The van der Waals surface area contributed by atoms with Gasteiger partial charge in [0, 0.05) is 24.9 Å². The Kier molecular flexibility index (Phi) is 3.49. The predicted molar refractivity (Wildman–Crippen MR) is 84.4 cm³/mol. The summed E-state index contributed by atoms with van der Waals surface area (Å²) in [7, 11) is -5.15. The molecule has 0 aliphatic carbocycles. The van der Waals surface area contributed by atoms with E-state index in [9.17, 15) is 16.8 Å². The van der Waals surface area contributed by atoms with Gasteiger partial charge in [-0.15, -0.1) is 0 Å². The van der Waals surface area contributed by atoms with Crippen LogP contribution in [0.1, 0.15) is 0 Å². The predicted octanol–water partition coefficient (Wildman–Crippen LogP) is 2.08. The first kappa shape index (κ1) is 15.9. The van der Waals surface area contributed by atoms with Gasteiger partial charge in [0.25, 0.3) is 10.1 Å². The fourth-order valence-electron chi connectivity index (χ4n) is 2.27. The van der Waals surface area contributed by atoms with Crippen LogP contribution in [0.5, 0.6) is 0 Å². The van der Waals surface area contributed by atoms with Crippen molar-refractivity contribution >= 4 is 42.1 Å². The summed E-state index contributed by atoms with van der Waals surface area (Å²) >= 11 is 0. The number of furan rings is 1. The summed E-state index contributed by atoms with van der Waals surface area (Å²) < 4.78 is 62.8. The first-order valence-electron chi connectivity index (χ1n) is 6.47. The molecule has 1 heterocycles. The van der Waals surface area contributed by atoms with Crippen molar-refractivity contribution in [1.29, 1.82) is 0 Å². The molecule has 0 saturated heterocycles. The minimum Gasteiger partial charge on any atom is -0.456 e. The molecule has 0 radical (unpaired) electrons. The van der Waals surface area contributed by atoms with Gasteiger partial charge in [-0.25, -0.2) is 12.7 Å². The van der Waals surface area contributed by atoms with Gasteiger partial charge in [-0.2, -0.15) is 8.42 Å². The molecule has 0 bridgehead atoms. The molecule has 3 aromatic rings. The average Bonchev–Trinajstić information content (AvgIpc) is 2.82. The van der Waals surface area contributed by atoms with Crippen molar-refractivity contribution in [2.75, 3.05) is 14.1 Å². The van der Waals surface area contributed by atoms with Crippen molar-refractivity contribution in [3.8, 4) is 0 Å². The van der Waals surface area contributed by atoms with Crippen molar-refractivity contribution in [2.45, 2.75) is 9.79 Å². The van der Waals surface area contributed by atoms with Crippen molar-refractivity contribution < 1.29 is 25.8 Å². The molecule has 0 unspecified atom stereocenters. The first-order chi connectivity index (χ1) is 10.6. The molecule has 0 fully saturated rings. The van der Waals surface area contributed by atoms with Crippen LogP contribution in [-0.2, 0) is 20.1 Å². The van der Waals surface area contributed by atoms with E-state index in [1.807, 2.05) is 0 Å². The Morgan fingerprint density at radius 1 is 0.870 bits per heavy atom. The summed E-state index contributed by atoms with van der Waals surface area (Å²) in [5.41, 5.74) is 0.817. The van der Waals surface area contributed by atoms with E-state index in [0.29, 0.717) is 21.9 Å². The normalized spacial score (nSPS) is 13.2. The number of hydrogen-bond donors (Lipinski definition) is 1. The molecule has 0 aliphatic heterocycles. The zero-order valence-electron chi connectivity index (χ0n) is 12.2. The first-order valence-corrected chi connectivity index (χ1v) is 9.35. The van der Waals surface area contributed by atoms with Gasteiger partial charge in [0.1, 0.15) is 11.2 Å². The van der Waals surface area contributed by atoms with E-state index in [1.54, 1.807) is 0 Å². The standard InChI is InChI=1S/C14H13NO6S2/c1-15(2)22(16,17)9-3-5-13-11(7-9)12-8-10(23(18,19)20)4-6-14(12)21-13/h3-8H,1-2H3,(H,18,19,20). The highest BCUT2D eigenvalue weighted by atomic mass is 32.2. The Morgan fingerprint density at radius 3 is 1.83 bits per heavy atom. The number of nitrogens with zero attached hydrogens (tertiary/aromatic N) is 1. The third kappa shape index (κ3) is 2.61. The minimum atomic E-state index is -4.36. The van der Waals surface area contributed by atoms with E-state index < -0.39 is 20.1 Å². The zero-order chi connectivity index (χ0) is 17.0. The van der Waals surface area contributed by atoms with E-state index in [4.69, 9.17) is 8.97 Å². The highest BCUT2D eigenvalue weighted by Gasteiger charge is 2.20. The largest absolute Gasteiger partial charge is 0.456 e. The lowest BCUT2D eigenvalue weighted by Gasteiger charge is -2.10. The number of benzene rings is 2. The second kappa shape index (κ2) is 5.03. The molecule has 9 heteroatoms. The van der Waals surface area contributed by atoms with Crippen LogP contribution in [0.4, 0.5) is 0 Å². The van der Waals surface area contributed by atoms with Gasteiger partial charge in [0.2, 0.25) is 10.0 Å². The zero-order valence-corrected chi connectivity index (χ0v) is 13.8. The molecule has 0 amide bonds. The quantitative estimate of drug-likeness (QED) is 0.721. The molecular formula is C14H13NO6S2. The Labute approximate surface area is 132 Å². The molecule has 23 heavy (non-hydrogen) atoms. The molecule has 1 aromatic heterocycles. The molecule has 2 aromatic carbocycles. The Morgan fingerprint density at radius 2 is 1.35 bits per heavy atom. The number of hydrogen-bond acceptors (Lipinski definition) is 5. The Hall–Kier alpha value is -1.94. The highest BCUT2D eigenvalue weighted by molar-refractivity contribution is 7.89. The number of fused-ring (bicyclic) bond motifs is 3. The van der Waals surface area contributed by atoms with Crippen LogP contribution in [0.15, 0.2) is 50.6 Å². The van der Waals surface area contributed by atoms with Crippen LogP contribution < -0.4 is 0 Å². The molecule has 0 aliphatic rings. The summed E-state index contributed by atoms with van der Waals surface area (Å²) in [4.78, 5) is -0.219. The molecule has 0 spiro atoms. The monoisotopic (exact) mass is 355 g/mol. The van der Waals surface area contributed by atoms with Crippen molar-refractivity contribution in [3.05, 3.63) is 36.4 Å². The fourth-order valence-corrected chi connectivity index (χ4v) is 3.70. The highest BCUT2D eigenvalue weighted by Crippen LogP contribution is 2.32. The van der Waals surface area contributed by atoms with Gasteiger partial charge in [-0.05, 0) is 36.4 Å². The van der Waals surface area contributed by atoms with Gasteiger partial charge < -0.3 is 4.42 Å². The second-order valence-electron chi connectivity index (χ2n) is 5.18. The minimum absolute atomic E-state index is 0.0648. The van der Waals surface area contributed by atoms with Crippen LogP contribution in [0.25, 0.3) is 21.9 Å². The average molecular weight is 355 g/mol. The van der Waals surface area contributed by atoms with E-state index >= 15 is 0 Å². The number of rotatable bonds is 3. The van der Waals surface area contributed by atoms with Gasteiger partial charge >= 0.3 is 0 Å². The summed E-state index contributed by atoms with van der Waals surface area (Å²) in [6.45, 7) is 0. The Balaban J connectivity index is 2.35. The lowest BCUT2D eigenvalue weighted by Crippen LogP contribution is -2.22. The van der Waals surface area contributed by atoms with E-state index in [1.165, 1.54) is 50.5 Å². The van der Waals surface area contributed by atoms with Crippen LogP contribution in [0, 0.1) is 0 Å². The van der Waals surface area contributed by atoms with Gasteiger partial charge in [-0.3, -0.25) is 4.55 Å². The van der Waals surface area contributed by atoms with Gasteiger partial charge in [0.15, 0.2) is 0 Å². The van der Waals surface area contributed by atoms with E-state index in [0.717, 1.165) is 4.31 Å². The smallest absolute Gasteiger partial charge is 0.294 e. The van der Waals surface area contributed by atoms with E-state index in [-0.39, 0.29) is 9.79 Å². The third-order valence-corrected chi connectivity index (χ3v) is 6.15. The molecule has 7 nitrogen and oxygen atoms in total. The van der Waals surface area contributed by atoms with Crippen LogP contribution in [-0.4, -0.2) is 39.8 Å². The van der Waals surface area contributed by atoms with Gasteiger partial charge in [0.05, 0.1) is 9.79 Å². The molecule has 122 valence electrons. The van der Waals surface area contributed by atoms with Crippen molar-refractivity contribution in [3.63, 3.8) is 0 Å². The maximum atomic E-state index is 12.2. The summed E-state index contributed by atoms with van der Waals surface area (Å²) in [5.74, 6) is 0. The lowest BCUT2D eigenvalue weighted by atomic mass is 10.1. The lowest BCUT2D eigenvalue weighted by molar-refractivity contribution is 0.483. The summed E-state index contributed by atoms with van der Waals surface area (Å²) in [6.07, 6.45) is 0. The summed E-state index contributed by atoms with van der Waals surface area (Å²) in [5, 5.41) is 0.861. The van der Waals surface area contributed by atoms with Gasteiger partial charge in [-0.1, -0.05) is 0 Å². The maximum Gasteiger partial charge on any atom is 0.294 e. The number of sulfonamides is 1. The molecule has 1 N–H and O–H groups in total. The fraction of sp³-hybridized carbons (Fsp3) is 0.143. The topological polar surface area (TPSA) is 105 Å².